The van der Waals surface area contributed by atoms with E-state index >= 15 is 0 Å². The van der Waals surface area contributed by atoms with Gasteiger partial charge in [0.2, 0.25) is 0 Å². The second-order valence-corrected chi connectivity index (χ2v) is 4.78. The molecule has 0 saturated heterocycles. The number of carbonyl (C=O) groups excluding carboxylic acids is 1. The summed E-state index contributed by atoms with van der Waals surface area (Å²) in [6.07, 6.45) is 2.08. The number of hydrogen-bond donors (Lipinski definition) is 0. The zero-order valence-electron chi connectivity index (χ0n) is 10.7. The van der Waals surface area contributed by atoms with Gasteiger partial charge in [0, 0.05) is 11.6 Å². The lowest BCUT2D eigenvalue weighted by atomic mass is 10.1. The highest BCUT2D eigenvalue weighted by molar-refractivity contribution is 5.81. The molecular formula is C15H17NO2. The SMILES string of the molecule is CC(C)COC(=O)Cc1ccc2ncccc2c1. The maximum atomic E-state index is 11.6. The minimum atomic E-state index is -0.174. The normalized spacial score (nSPS) is 10.8. The Hall–Kier alpha value is -1.90. The average Bonchev–Trinajstić information content (AvgIpc) is 2.36. The van der Waals surface area contributed by atoms with E-state index in [0.717, 1.165) is 16.5 Å². The van der Waals surface area contributed by atoms with Gasteiger partial charge in [0.25, 0.3) is 0 Å². The van der Waals surface area contributed by atoms with Crippen molar-refractivity contribution in [3.8, 4) is 0 Å². The van der Waals surface area contributed by atoms with Crippen molar-refractivity contribution in [1.29, 1.82) is 0 Å². The quantitative estimate of drug-likeness (QED) is 0.775. The molecule has 0 saturated carbocycles. The molecule has 1 heterocycles. The molecule has 0 amide bonds. The minimum Gasteiger partial charge on any atom is -0.465 e. The molecule has 1 aromatic carbocycles. The number of carbonyl (C=O) groups is 1. The molecule has 3 nitrogen and oxygen atoms in total. The summed E-state index contributed by atoms with van der Waals surface area (Å²) < 4.78 is 5.16. The number of aromatic nitrogens is 1. The lowest BCUT2D eigenvalue weighted by Crippen LogP contribution is -2.12. The van der Waals surface area contributed by atoms with Crippen molar-refractivity contribution in [1.82, 2.24) is 4.98 Å². The first-order valence-corrected chi connectivity index (χ1v) is 6.14. The molecule has 3 heteroatoms. The number of hydrogen-bond acceptors (Lipinski definition) is 3. The van der Waals surface area contributed by atoms with Gasteiger partial charge < -0.3 is 4.74 Å². The second-order valence-electron chi connectivity index (χ2n) is 4.78. The van der Waals surface area contributed by atoms with Crippen molar-refractivity contribution in [2.45, 2.75) is 20.3 Å². The first kappa shape index (κ1) is 12.6. The number of ether oxygens (including phenoxy) is 1. The zero-order chi connectivity index (χ0) is 13.0. The van der Waals surface area contributed by atoms with Crippen LogP contribution in [0.3, 0.4) is 0 Å². The number of pyridine rings is 1. The van der Waals surface area contributed by atoms with Crippen molar-refractivity contribution in [2.24, 2.45) is 5.92 Å². The first-order valence-electron chi connectivity index (χ1n) is 6.14. The number of fused-ring (bicyclic) bond motifs is 1. The summed E-state index contributed by atoms with van der Waals surface area (Å²) in [5.41, 5.74) is 1.90. The Labute approximate surface area is 107 Å². The van der Waals surface area contributed by atoms with Gasteiger partial charge in [0.15, 0.2) is 0 Å². The molecule has 0 aliphatic rings. The monoisotopic (exact) mass is 243 g/mol. The fourth-order valence-corrected chi connectivity index (χ4v) is 1.71. The average molecular weight is 243 g/mol. The van der Waals surface area contributed by atoms with Crippen LogP contribution in [0.25, 0.3) is 10.9 Å². The van der Waals surface area contributed by atoms with E-state index in [2.05, 4.69) is 4.98 Å². The van der Waals surface area contributed by atoms with E-state index in [4.69, 9.17) is 4.74 Å². The highest BCUT2D eigenvalue weighted by Gasteiger charge is 2.06. The molecule has 0 spiro atoms. The van der Waals surface area contributed by atoms with E-state index < -0.39 is 0 Å². The van der Waals surface area contributed by atoms with Crippen LogP contribution < -0.4 is 0 Å². The molecule has 0 radical (unpaired) electrons. The van der Waals surface area contributed by atoms with Gasteiger partial charge in [-0.2, -0.15) is 0 Å². The van der Waals surface area contributed by atoms with E-state index in [1.807, 2.05) is 44.2 Å². The largest absolute Gasteiger partial charge is 0.465 e. The molecule has 1 aromatic heterocycles. The molecule has 0 atom stereocenters. The van der Waals surface area contributed by atoms with Crippen molar-refractivity contribution in [3.05, 3.63) is 42.1 Å². The molecule has 18 heavy (non-hydrogen) atoms. The van der Waals surface area contributed by atoms with Crippen LogP contribution in [-0.4, -0.2) is 17.6 Å². The molecule has 0 fully saturated rings. The minimum absolute atomic E-state index is 0.174. The molecule has 0 N–H and O–H groups in total. The van der Waals surface area contributed by atoms with Crippen LogP contribution in [-0.2, 0) is 16.0 Å². The van der Waals surface area contributed by atoms with Gasteiger partial charge in [-0.1, -0.05) is 26.0 Å². The number of rotatable bonds is 4. The molecule has 2 rings (SSSR count). The van der Waals surface area contributed by atoms with Crippen molar-refractivity contribution >= 4 is 16.9 Å². The van der Waals surface area contributed by atoms with Crippen LogP contribution in [0.4, 0.5) is 0 Å². The van der Waals surface area contributed by atoms with Gasteiger partial charge in [0.1, 0.15) is 0 Å². The maximum Gasteiger partial charge on any atom is 0.310 e. The lowest BCUT2D eigenvalue weighted by Gasteiger charge is -2.07. The van der Waals surface area contributed by atoms with Crippen LogP contribution in [0, 0.1) is 5.92 Å². The summed E-state index contributed by atoms with van der Waals surface area (Å²) in [4.78, 5) is 15.9. The number of nitrogens with zero attached hydrogens (tertiary/aromatic N) is 1. The fraction of sp³-hybridized carbons (Fsp3) is 0.333. The number of benzene rings is 1. The highest BCUT2D eigenvalue weighted by atomic mass is 16.5. The predicted molar refractivity (Wildman–Crippen MR) is 71.2 cm³/mol. The Morgan fingerprint density at radius 2 is 2.17 bits per heavy atom. The highest BCUT2D eigenvalue weighted by Crippen LogP contribution is 2.14. The topological polar surface area (TPSA) is 39.2 Å². The second kappa shape index (κ2) is 5.63. The van der Waals surface area contributed by atoms with Gasteiger partial charge in [-0.3, -0.25) is 9.78 Å². The molecule has 0 aliphatic carbocycles. The van der Waals surface area contributed by atoms with E-state index in [-0.39, 0.29) is 5.97 Å². The Bertz CT molecular complexity index is 549. The predicted octanol–water partition coefficient (Wildman–Crippen LogP) is 2.98. The van der Waals surface area contributed by atoms with Gasteiger partial charge >= 0.3 is 5.97 Å². The molecule has 94 valence electrons. The lowest BCUT2D eigenvalue weighted by molar-refractivity contribution is -0.143. The maximum absolute atomic E-state index is 11.6. The summed E-state index contributed by atoms with van der Waals surface area (Å²) in [6, 6.07) is 9.72. The Kier molecular flexibility index (Phi) is 3.92. The molecule has 0 bridgehead atoms. The van der Waals surface area contributed by atoms with Gasteiger partial charge in [0.05, 0.1) is 18.5 Å². The van der Waals surface area contributed by atoms with Crippen molar-refractivity contribution in [2.75, 3.05) is 6.61 Å². The Balaban J connectivity index is 2.05. The Morgan fingerprint density at radius 3 is 2.94 bits per heavy atom. The summed E-state index contributed by atoms with van der Waals surface area (Å²) in [6.45, 7) is 4.53. The standard InChI is InChI=1S/C15H17NO2/c1-11(2)10-18-15(17)9-12-5-6-14-13(8-12)4-3-7-16-14/h3-8,11H,9-10H2,1-2H3. The third kappa shape index (κ3) is 3.29. The van der Waals surface area contributed by atoms with E-state index in [1.54, 1.807) is 6.20 Å². The van der Waals surface area contributed by atoms with E-state index in [1.165, 1.54) is 0 Å². The molecule has 0 unspecified atom stereocenters. The van der Waals surface area contributed by atoms with E-state index in [0.29, 0.717) is 18.9 Å². The molecular weight excluding hydrogens is 226 g/mol. The van der Waals surface area contributed by atoms with Gasteiger partial charge in [-0.15, -0.1) is 0 Å². The zero-order valence-corrected chi connectivity index (χ0v) is 10.7. The first-order chi connectivity index (χ1) is 8.65. The third-order valence-electron chi connectivity index (χ3n) is 2.59. The van der Waals surface area contributed by atoms with Crippen molar-refractivity contribution in [3.63, 3.8) is 0 Å². The van der Waals surface area contributed by atoms with Crippen LogP contribution in [0.15, 0.2) is 36.5 Å². The third-order valence-corrected chi connectivity index (χ3v) is 2.59. The number of esters is 1. The molecule has 2 aromatic rings. The van der Waals surface area contributed by atoms with Crippen LogP contribution in [0.5, 0.6) is 0 Å². The van der Waals surface area contributed by atoms with Crippen LogP contribution >= 0.6 is 0 Å². The molecule has 0 aliphatic heterocycles. The summed E-state index contributed by atoms with van der Waals surface area (Å²) in [5.74, 6) is 0.196. The summed E-state index contributed by atoms with van der Waals surface area (Å²) in [7, 11) is 0. The van der Waals surface area contributed by atoms with E-state index in [9.17, 15) is 4.79 Å². The summed E-state index contributed by atoms with van der Waals surface area (Å²) in [5, 5.41) is 1.05. The summed E-state index contributed by atoms with van der Waals surface area (Å²) >= 11 is 0. The van der Waals surface area contributed by atoms with Crippen LogP contribution in [0.1, 0.15) is 19.4 Å². The van der Waals surface area contributed by atoms with Gasteiger partial charge in [-0.05, 0) is 29.7 Å². The van der Waals surface area contributed by atoms with Gasteiger partial charge in [-0.25, -0.2) is 0 Å². The fourth-order valence-electron chi connectivity index (χ4n) is 1.71. The smallest absolute Gasteiger partial charge is 0.310 e. The Morgan fingerprint density at radius 1 is 1.33 bits per heavy atom. The van der Waals surface area contributed by atoms with Crippen LogP contribution in [0.2, 0.25) is 0 Å². The van der Waals surface area contributed by atoms with Crippen molar-refractivity contribution < 1.29 is 9.53 Å².